The van der Waals surface area contributed by atoms with E-state index in [0.29, 0.717) is 6.61 Å². The summed E-state index contributed by atoms with van der Waals surface area (Å²) in [5.74, 6) is 0. The van der Waals surface area contributed by atoms with Crippen LogP contribution in [0.1, 0.15) is 27.2 Å². The molecule has 0 aliphatic rings. The molecule has 20 heavy (non-hydrogen) atoms. The highest BCUT2D eigenvalue weighted by Crippen LogP contribution is 2.21. The third kappa shape index (κ3) is 7.33. The molecule has 0 aromatic rings. The molecular formula is C14H34O4Si2. The van der Waals surface area contributed by atoms with Crippen molar-refractivity contribution in [1.82, 2.24) is 0 Å². The molecule has 0 bridgehead atoms. The third-order valence-corrected chi connectivity index (χ3v) is 12.0. The highest BCUT2D eigenvalue weighted by molar-refractivity contribution is 6.73. The standard InChI is InChI=1S/C14H34O4Si2/c1-7-20(8-2,9-3)18-13-12-17-11-10-14-19(6,15-4)16-5/h7-14H2,1-6H3. The van der Waals surface area contributed by atoms with Gasteiger partial charge in [-0.25, -0.2) is 0 Å². The van der Waals surface area contributed by atoms with Crippen LogP contribution in [0.4, 0.5) is 0 Å². The summed E-state index contributed by atoms with van der Waals surface area (Å²) in [4.78, 5) is 0. The molecule has 0 aliphatic carbocycles. The zero-order chi connectivity index (χ0) is 15.5. The van der Waals surface area contributed by atoms with Crippen LogP contribution in [-0.2, 0) is 18.0 Å². The fraction of sp³-hybridized carbons (Fsp3) is 1.00. The summed E-state index contributed by atoms with van der Waals surface area (Å²) < 4.78 is 22.7. The Morgan fingerprint density at radius 1 is 0.800 bits per heavy atom. The van der Waals surface area contributed by atoms with Crippen molar-refractivity contribution in [2.45, 2.75) is 57.9 Å². The molecule has 0 N–H and O–H groups in total. The minimum atomic E-state index is -1.92. The SMILES string of the molecule is CC[Si](CC)(CC)OCCOCCC[Si](C)(OC)OC. The lowest BCUT2D eigenvalue weighted by Crippen LogP contribution is -2.37. The van der Waals surface area contributed by atoms with Crippen molar-refractivity contribution in [2.75, 3.05) is 34.0 Å². The second-order valence-electron chi connectivity index (χ2n) is 5.35. The van der Waals surface area contributed by atoms with Gasteiger partial charge in [-0.3, -0.25) is 0 Å². The molecule has 122 valence electrons. The predicted molar refractivity (Wildman–Crippen MR) is 89.0 cm³/mol. The molecular weight excluding hydrogens is 288 g/mol. The average molecular weight is 323 g/mol. The van der Waals surface area contributed by atoms with Gasteiger partial charge >= 0.3 is 8.56 Å². The molecule has 0 rings (SSSR count). The smallest absolute Gasteiger partial charge is 0.334 e. The van der Waals surface area contributed by atoms with Gasteiger partial charge in [0, 0.05) is 20.8 Å². The zero-order valence-electron chi connectivity index (χ0n) is 14.3. The van der Waals surface area contributed by atoms with E-state index in [1.165, 1.54) is 18.1 Å². The summed E-state index contributed by atoms with van der Waals surface area (Å²) in [6, 6.07) is 4.57. The summed E-state index contributed by atoms with van der Waals surface area (Å²) in [6.07, 6.45) is 0.988. The van der Waals surface area contributed by atoms with Crippen molar-refractivity contribution >= 4 is 16.9 Å². The van der Waals surface area contributed by atoms with Crippen LogP contribution in [0.15, 0.2) is 0 Å². The summed E-state index contributed by atoms with van der Waals surface area (Å²) in [5.41, 5.74) is 0. The molecule has 0 radical (unpaired) electrons. The molecule has 0 spiro atoms. The predicted octanol–water partition coefficient (Wildman–Crippen LogP) is 3.78. The van der Waals surface area contributed by atoms with E-state index >= 15 is 0 Å². The Kier molecular flexibility index (Phi) is 11.1. The molecule has 0 unspecified atom stereocenters. The van der Waals surface area contributed by atoms with Crippen molar-refractivity contribution in [1.29, 1.82) is 0 Å². The van der Waals surface area contributed by atoms with Gasteiger partial charge in [0.05, 0.1) is 13.2 Å². The average Bonchev–Trinajstić information content (AvgIpc) is 2.50. The summed E-state index contributed by atoms with van der Waals surface area (Å²) in [5, 5.41) is 0. The Morgan fingerprint density at radius 3 is 1.80 bits per heavy atom. The van der Waals surface area contributed by atoms with E-state index in [9.17, 15) is 0 Å². The quantitative estimate of drug-likeness (QED) is 0.382. The molecule has 0 saturated heterocycles. The fourth-order valence-corrected chi connectivity index (χ4v) is 6.25. The monoisotopic (exact) mass is 322 g/mol. The number of hydrogen-bond donors (Lipinski definition) is 0. The molecule has 0 aromatic carbocycles. The van der Waals surface area contributed by atoms with Crippen LogP contribution in [0.3, 0.4) is 0 Å². The first-order chi connectivity index (χ1) is 9.51. The molecule has 6 heteroatoms. The molecule has 0 amide bonds. The van der Waals surface area contributed by atoms with Crippen molar-refractivity contribution in [3.63, 3.8) is 0 Å². The lowest BCUT2D eigenvalue weighted by molar-refractivity contribution is 0.0952. The maximum absolute atomic E-state index is 6.14. The van der Waals surface area contributed by atoms with Gasteiger partial charge in [0.15, 0.2) is 8.32 Å². The number of rotatable bonds is 13. The number of ether oxygens (including phenoxy) is 1. The lowest BCUT2D eigenvalue weighted by Gasteiger charge is -2.27. The van der Waals surface area contributed by atoms with Gasteiger partial charge in [0.2, 0.25) is 0 Å². The van der Waals surface area contributed by atoms with E-state index < -0.39 is 16.9 Å². The molecule has 0 heterocycles. The van der Waals surface area contributed by atoms with Gasteiger partial charge in [-0.05, 0) is 37.1 Å². The van der Waals surface area contributed by atoms with Crippen LogP contribution in [0.2, 0.25) is 30.7 Å². The molecule has 0 fully saturated rings. The topological polar surface area (TPSA) is 36.9 Å². The van der Waals surface area contributed by atoms with Crippen molar-refractivity contribution in [2.24, 2.45) is 0 Å². The summed E-state index contributed by atoms with van der Waals surface area (Å²) in [7, 11) is 0.104. The van der Waals surface area contributed by atoms with Gasteiger partial charge in [0.25, 0.3) is 0 Å². The molecule has 4 nitrogen and oxygen atoms in total. The summed E-state index contributed by atoms with van der Waals surface area (Å²) in [6.45, 7) is 11.0. The van der Waals surface area contributed by atoms with Crippen molar-refractivity contribution < 1.29 is 18.0 Å². The second kappa shape index (κ2) is 10.9. The van der Waals surface area contributed by atoms with Crippen LogP contribution in [-0.4, -0.2) is 50.9 Å². The van der Waals surface area contributed by atoms with Crippen molar-refractivity contribution in [3.8, 4) is 0 Å². The van der Waals surface area contributed by atoms with Crippen LogP contribution in [0, 0.1) is 0 Å². The van der Waals surface area contributed by atoms with E-state index in [2.05, 4.69) is 27.3 Å². The van der Waals surface area contributed by atoms with E-state index in [-0.39, 0.29) is 0 Å². The van der Waals surface area contributed by atoms with Gasteiger partial charge in [0.1, 0.15) is 0 Å². The molecule has 0 saturated carbocycles. The van der Waals surface area contributed by atoms with E-state index in [4.69, 9.17) is 18.0 Å². The Hall–Kier alpha value is 0.274. The first-order valence-corrected chi connectivity index (χ1v) is 12.9. The Labute approximate surface area is 127 Å². The highest BCUT2D eigenvalue weighted by atomic mass is 28.4. The lowest BCUT2D eigenvalue weighted by atomic mass is 10.5. The molecule has 0 aromatic heterocycles. The molecule has 0 atom stereocenters. The summed E-state index contributed by atoms with van der Waals surface area (Å²) >= 11 is 0. The Balaban J connectivity index is 3.68. The first kappa shape index (κ1) is 20.3. The minimum absolute atomic E-state index is 0.701. The van der Waals surface area contributed by atoms with Crippen LogP contribution >= 0.6 is 0 Å². The van der Waals surface area contributed by atoms with E-state index in [1.54, 1.807) is 14.2 Å². The maximum atomic E-state index is 6.14. The second-order valence-corrected chi connectivity index (χ2v) is 13.7. The fourth-order valence-electron chi connectivity index (χ4n) is 2.26. The minimum Gasteiger partial charge on any atom is -0.414 e. The van der Waals surface area contributed by atoms with Crippen LogP contribution < -0.4 is 0 Å². The van der Waals surface area contributed by atoms with E-state index in [0.717, 1.165) is 25.7 Å². The first-order valence-electron chi connectivity index (χ1n) is 7.83. The third-order valence-electron chi connectivity index (χ3n) is 4.35. The van der Waals surface area contributed by atoms with Gasteiger partial charge < -0.3 is 18.0 Å². The highest BCUT2D eigenvalue weighted by Gasteiger charge is 2.29. The number of hydrogen-bond acceptors (Lipinski definition) is 4. The Bertz CT molecular complexity index is 223. The molecule has 0 aliphatic heterocycles. The van der Waals surface area contributed by atoms with Crippen molar-refractivity contribution in [3.05, 3.63) is 0 Å². The maximum Gasteiger partial charge on any atom is 0.334 e. The largest absolute Gasteiger partial charge is 0.414 e. The van der Waals surface area contributed by atoms with Crippen LogP contribution in [0.5, 0.6) is 0 Å². The zero-order valence-corrected chi connectivity index (χ0v) is 16.3. The van der Waals surface area contributed by atoms with Gasteiger partial charge in [-0.2, -0.15) is 0 Å². The Morgan fingerprint density at radius 2 is 1.35 bits per heavy atom. The van der Waals surface area contributed by atoms with Crippen LogP contribution in [0.25, 0.3) is 0 Å². The van der Waals surface area contributed by atoms with Gasteiger partial charge in [-0.15, -0.1) is 0 Å². The van der Waals surface area contributed by atoms with E-state index in [1.807, 2.05) is 0 Å². The normalized spacial score (nSPS) is 12.9. The van der Waals surface area contributed by atoms with Gasteiger partial charge in [-0.1, -0.05) is 20.8 Å².